The number of rotatable bonds is 2. The van der Waals surface area contributed by atoms with Crippen LogP contribution in [0.15, 0.2) is 6.07 Å². The summed E-state index contributed by atoms with van der Waals surface area (Å²) in [4.78, 5) is 13.2. The third-order valence-electron chi connectivity index (χ3n) is 1.62. The molecule has 0 atom stereocenters. The number of hydrogen-bond acceptors (Lipinski definition) is 3. The van der Waals surface area contributed by atoms with Gasteiger partial charge < -0.3 is 15.5 Å². The third kappa shape index (κ3) is 2.42. The van der Waals surface area contributed by atoms with Crippen molar-refractivity contribution < 1.29 is 22.7 Å². The van der Waals surface area contributed by atoms with Crippen molar-refractivity contribution in [1.82, 2.24) is 4.98 Å². The number of carbonyl (C=O) groups is 1. The Bertz CT molecular complexity index is 370. The number of carbonyl (C=O) groups excluding carboxylic acids is 1. The zero-order valence-corrected chi connectivity index (χ0v) is 7.81. The largest absolute Gasteiger partial charge is 0.461 e. The third-order valence-corrected chi connectivity index (χ3v) is 1.62. The van der Waals surface area contributed by atoms with E-state index in [1.54, 1.807) is 0 Å². The van der Waals surface area contributed by atoms with Crippen LogP contribution in [-0.4, -0.2) is 17.6 Å². The molecule has 0 fully saturated rings. The molecular formula is C8H9F3N2O2. The lowest BCUT2D eigenvalue weighted by Crippen LogP contribution is -2.13. The second-order valence-electron chi connectivity index (χ2n) is 2.73. The van der Waals surface area contributed by atoms with Crippen LogP contribution in [-0.2, 0) is 10.9 Å². The molecule has 0 spiro atoms. The summed E-state index contributed by atoms with van der Waals surface area (Å²) >= 11 is 0. The SMILES string of the molecule is CCOC(=O)c1[nH]c(N)cc1C(F)(F)F. The smallest absolute Gasteiger partial charge is 0.418 e. The lowest BCUT2D eigenvalue weighted by atomic mass is 10.2. The molecule has 84 valence electrons. The van der Waals surface area contributed by atoms with Gasteiger partial charge in [-0.15, -0.1) is 0 Å². The van der Waals surface area contributed by atoms with Crippen LogP contribution < -0.4 is 5.73 Å². The molecule has 0 saturated heterocycles. The normalized spacial score (nSPS) is 11.5. The van der Waals surface area contributed by atoms with E-state index in [1.165, 1.54) is 6.92 Å². The van der Waals surface area contributed by atoms with E-state index in [1.807, 2.05) is 0 Å². The van der Waals surface area contributed by atoms with E-state index in [0.717, 1.165) is 0 Å². The number of esters is 1. The fourth-order valence-corrected chi connectivity index (χ4v) is 1.06. The molecule has 1 heterocycles. The number of nitrogen functional groups attached to an aromatic ring is 1. The summed E-state index contributed by atoms with van der Waals surface area (Å²) in [6.07, 6.45) is -4.63. The Labute approximate surface area is 83.2 Å². The van der Waals surface area contributed by atoms with Gasteiger partial charge >= 0.3 is 12.1 Å². The average Bonchev–Trinajstić information content (AvgIpc) is 2.47. The molecular weight excluding hydrogens is 213 g/mol. The Kier molecular flexibility index (Phi) is 2.92. The van der Waals surface area contributed by atoms with E-state index in [0.29, 0.717) is 6.07 Å². The summed E-state index contributed by atoms with van der Waals surface area (Å²) in [5.41, 5.74) is 3.37. The van der Waals surface area contributed by atoms with E-state index >= 15 is 0 Å². The molecule has 0 aliphatic rings. The monoisotopic (exact) mass is 222 g/mol. The second kappa shape index (κ2) is 3.84. The topological polar surface area (TPSA) is 68.1 Å². The zero-order chi connectivity index (χ0) is 11.6. The highest BCUT2D eigenvalue weighted by atomic mass is 19.4. The Hall–Kier alpha value is -1.66. The summed E-state index contributed by atoms with van der Waals surface area (Å²) in [6, 6.07) is 0.659. The molecule has 0 aliphatic carbocycles. The molecule has 7 heteroatoms. The van der Waals surface area contributed by atoms with Gasteiger partial charge in [0.15, 0.2) is 0 Å². The van der Waals surface area contributed by atoms with Crippen molar-refractivity contribution in [3.8, 4) is 0 Å². The van der Waals surface area contributed by atoms with Crippen molar-refractivity contribution >= 4 is 11.8 Å². The van der Waals surface area contributed by atoms with Gasteiger partial charge in [-0.2, -0.15) is 13.2 Å². The van der Waals surface area contributed by atoms with Crippen molar-refractivity contribution in [2.45, 2.75) is 13.1 Å². The van der Waals surface area contributed by atoms with Crippen molar-refractivity contribution in [3.05, 3.63) is 17.3 Å². The Morgan fingerprint density at radius 1 is 1.60 bits per heavy atom. The van der Waals surface area contributed by atoms with Gasteiger partial charge in [-0.1, -0.05) is 0 Å². The fraction of sp³-hybridized carbons (Fsp3) is 0.375. The van der Waals surface area contributed by atoms with Crippen LogP contribution in [0.5, 0.6) is 0 Å². The number of nitrogens with one attached hydrogen (secondary N) is 1. The number of aromatic amines is 1. The summed E-state index contributed by atoms with van der Waals surface area (Å²) in [7, 11) is 0. The van der Waals surface area contributed by atoms with Crippen LogP contribution in [0.3, 0.4) is 0 Å². The predicted molar refractivity (Wildman–Crippen MR) is 46.2 cm³/mol. The van der Waals surface area contributed by atoms with Crippen LogP contribution >= 0.6 is 0 Å². The first-order valence-electron chi connectivity index (χ1n) is 4.09. The Morgan fingerprint density at radius 3 is 2.67 bits per heavy atom. The lowest BCUT2D eigenvalue weighted by molar-refractivity contribution is -0.138. The van der Waals surface area contributed by atoms with Crippen molar-refractivity contribution in [1.29, 1.82) is 0 Å². The summed E-state index contributed by atoms with van der Waals surface area (Å²) < 4.78 is 41.6. The van der Waals surface area contributed by atoms with E-state index in [9.17, 15) is 18.0 Å². The molecule has 1 rings (SSSR count). The highest BCUT2D eigenvalue weighted by Crippen LogP contribution is 2.33. The van der Waals surface area contributed by atoms with Crippen LogP contribution in [0.2, 0.25) is 0 Å². The maximum Gasteiger partial charge on any atom is 0.418 e. The van der Waals surface area contributed by atoms with Crippen molar-refractivity contribution in [2.24, 2.45) is 0 Å². The van der Waals surface area contributed by atoms with Crippen LogP contribution in [0.1, 0.15) is 23.0 Å². The van der Waals surface area contributed by atoms with Gasteiger partial charge in [-0.3, -0.25) is 0 Å². The van der Waals surface area contributed by atoms with E-state index in [-0.39, 0.29) is 12.4 Å². The summed E-state index contributed by atoms with van der Waals surface area (Å²) in [5.74, 6) is -1.30. The van der Waals surface area contributed by atoms with E-state index < -0.39 is 23.4 Å². The van der Waals surface area contributed by atoms with Gasteiger partial charge in [0.05, 0.1) is 12.2 Å². The molecule has 0 aromatic carbocycles. The van der Waals surface area contributed by atoms with E-state index in [4.69, 9.17) is 5.73 Å². The number of ether oxygens (including phenoxy) is 1. The van der Waals surface area contributed by atoms with Gasteiger partial charge in [0.1, 0.15) is 11.5 Å². The molecule has 1 aromatic heterocycles. The fourth-order valence-electron chi connectivity index (χ4n) is 1.06. The Morgan fingerprint density at radius 2 is 2.20 bits per heavy atom. The molecule has 4 nitrogen and oxygen atoms in total. The molecule has 0 unspecified atom stereocenters. The van der Waals surface area contributed by atoms with Gasteiger partial charge in [0.2, 0.25) is 0 Å². The van der Waals surface area contributed by atoms with Crippen LogP contribution in [0.4, 0.5) is 19.0 Å². The molecule has 3 N–H and O–H groups in total. The zero-order valence-electron chi connectivity index (χ0n) is 7.81. The average molecular weight is 222 g/mol. The standard InChI is InChI=1S/C8H9F3N2O2/c1-2-15-7(14)6-4(8(9,10)11)3-5(12)13-6/h3,13H,2,12H2,1H3. The van der Waals surface area contributed by atoms with Gasteiger partial charge in [-0.25, -0.2) is 4.79 Å². The lowest BCUT2D eigenvalue weighted by Gasteiger charge is -2.06. The Balaban J connectivity index is 3.12. The van der Waals surface area contributed by atoms with Crippen molar-refractivity contribution in [2.75, 3.05) is 12.3 Å². The molecule has 0 amide bonds. The number of aromatic nitrogens is 1. The summed E-state index contributed by atoms with van der Waals surface area (Å²) in [5, 5.41) is 0. The second-order valence-corrected chi connectivity index (χ2v) is 2.73. The van der Waals surface area contributed by atoms with Crippen LogP contribution in [0.25, 0.3) is 0 Å². The molecule has 0 aliphatic heterocycles. The number of anilines is 1. The molecule has 0 radical (unpaired) electrons. The van der Waals surface area contributed by atoms with E-state index in [2.05, 4.69) is 9.72 Å². The quantitative estimate of drug-likeness (QED) is 0.749. The maximum absolute atomic E-state index is 12.4. The minimum atomic E-state index is -4.63. The molecule has 1 aromatic rings. The first-order valence-corrected chi connectivity index (χ1v) is 4.09. The number of nitrogens with two attached hydrogens (primary N) is 1. The number of halogens is 3. The van der Waals surface area contributed by atoms with Gasteiger partial charge in [0.25, 0.3) is 0 Å². The minimum Gasteiger partial charge on any atom is -0.461 e. The maximum atomic E-state index is 12.4. The molecule has 0 bridgehead atoms. The first kappa shape index (κ1) is 11.4. The number of H-pyrrole nitrogens is 1. The molecule has 0 saturated carbocycles. The predicted octanol–water partition coefficient (Wildman–Crippen LogP) is 1.79. The van der Waals surface area contributed by atoms with Crippen LogP contribution in [0, 0.1) is 0 Å². The summed E-state index contributed by atoms with van der Waals surface area (Å²) in [6.45, 7) is 1.49. The minimum absolute atomic E-state index is 0.00491. The molecule has 15 heavy (non-hydrogen) atoms. The highest BCUT2D eigenvalue weighted by Gasteiger charge is 2.37. The number of alkyl halides is 3. The number of hydrogen-bond donors (Lipinski definition) is 2. The highest BCUT2D eigenvalue weighted by molar-refractivity contribution is 5.90. The van der Waals surface area contributed by atoms with Gasteiger partial charge in [-0.05, 0) is 13.0 Å². The van der Waals surface area contributed by atoms with Gasteiger partial charge in [0, 0.05) is 0 Å². The van der Waals surface area contributed by atoms with Crippen molar-refractivity contribution in [3.63, 3.8) is 0 Å². The first-order chi connectivity index (χ1) is 6.86.